The molecule has 154 valence electrons. The molecule has 0 bridgehead atoms. The summed E-state index contributed by atoms with van der Waals surface area (Å²) in [7, 11) is 0. The van der Waals surface area contributed by atoms with E-state index in [2.05, 4.69) is 9.88 Å². The molecule has 2 aromatic carbocycles. The maximum atomic E-state index is 14.1. The van der Waals surface area contributed by atoms with Crippen LogP contribution in [0.1, 0.15) is 24.2 Å². The molecule has 4 nitrogen and oxygen atoms in total. The van der Waals surface area contributed by atoms with Gasteiger partial charge in [0.25, 0.3) is 5.91 Å². The van der Waals surface area contributed by atoms with E-state index in [1.165, 1.54) is 11.0 Å². The number of fused-ring (bicyclic) bond motifs is 1. The lowest BCUT2D eigenvalue weighted by Gasteiger charge is -2.24. The van der Waals surface area contributed by atoms with Crippen LogP contribution in [0.4, 0.5) is 22.7 Å². The summed E-state index contributed by atoms with van der Waals surface area (Å²) in [5.74, 6) is -4.37. The van der Waals surface area contributed by atoms with Crippen LogP contribution in [-0.2, 0) is 0 Å². The van der Waals surface area contributed by atoms with E-state index in [0.29, 0.717) is 6.54 Å². The van der Waals surface area contributed by atoms with Crippen molar-refractivity contribution in [3.63, 3.8) is 0 Å². The van der Waals surface area contributed by atoms with Crippen molar-refractivity contribution in [1.29, 1.82) is 0 Å². The van der Waals surface area contributed by atoms with E-state index in [0.717, 1.165) is 48.7 Å². The van der Waals surface area contributed by atoms with Crippen LogP contribution in [-0.4, -0.2) is 42.0 Å². The topological polar surface area (TPSA) is 36.4 Å². The van der Waals surface area contributed by atoms with Crippen molar-refractivity contribution in [1.82, 2.24) is 9.88 Å². The normalized spacial score (nSPS) is 11.4. The molecule has 3 rings (SSSR count). The first-order chi connectivity index (χ1) is 13.8. The Labute approximate surface area is 169 Å². The van der Waals surface area contributed by atoms with Gasteiger partial charge in [-0.2, -0.15) is 0 Å². The number of rotatable bonds is 7. The second-order valence-corrected chi connectivity index (χ2v) is 7.35. The van der Waals surface area contributed by atoms with Gasteiger partial charge in [-0.25, -0.2) is 22.5 Å². The maximum Gasteiger partial charge on any atom is 0.260 e. The van der Waals surface area contributed by atoms with Crippen LogP contribution in [0.2, 0.25) is 0 Å². The number of anilines is 1. The van der Waals surface area contributed by atoms with Gasteiger partial charge in [0.2, 0.25) is 0 Å². The fourth-order valence-electron chi connectivity index (χ4n) is 2.91. The molecule has 0 saturated carbocycles. The largest absolute Gasteiger partial charge is 0.302 e. The van der Waals surface area contributed by atoms with Crippen molar-refractivity contribution >= 4 is 32.6 Å². The summed E-state index contributed by atoms with van der Waals surface area (Å²) in [5.41, 5.74) is -0.105. The summed E-state index contributed by atoms with van der Waals surface area (Å²) in [6.45, 7) is 6.15. The van der Waals surface area contributed by atoms with E-state index in [9.17, 15) is 22.4 Å². The van der Waals surface area contributed by atoms with E-state index in [-0.39, 0.29) is 27.5 Å². The van der Waals surface area contributed by atoms with E-state index in [1.54, 1.807) is 0 Å². The summed E-state index contributed by atoms with van der Waals surface area (Å²) in [5, 5.41) is 0.159. The second kappa shape index (κ2) is 8.87. The van der Waals surface area contributed by atoms with Crippen molar-refractivity contribution in [3.05, 3.63) is 59.2 Å². The van der Waals surface area contributed by atoms with Gasteiger partial charge in [0.1, 0.15) is 11.3 Å². The first kappa shape index (κ1) is 21.2. The monoisotopic (exact) mass is 425 g/mol. The molecule has 0 fully saturated rings. The molecule has 0 unspecified atom stereocenters. The van der Waals surface area contributed by atoms with Crippen molar-refractivity contribution < 1.29 is 22.4 Å². The lowest BCUT2D eigenvalue weighted by molar-refractivity contribution is 0.0983. The summed E-state index contributed by atoms with van der Waals surface area (Å²) in [6, 6.07) is 4.74. The quantitative estimate of drug-likeness (QED) is 0.508. The lowest BCUT2D eigenvalue weighted by atomic mass is 10.2. The minimum absolute atomic E-state index is 0.0441. The minimum atomic E-state index is -1.14. The molecular formula is C20H19F4N3OS. The number of hydrogen-bond acceptors (Lipinski definition) is 4. The van der Waals surface area contributed by atoms with Gasteiger partial charge in [-0.15, -0.1) is 0 Å². The van der Waals surface area contributed by atoms with Crippen molar-refractivity contribution in [3.8, 4) is 0 Å². The number of amides is 1. The first-order valence-electron chi connectivity index (χ1n) is 9.08. The van der Waals surface area contributed by atoms with Gasteiger partial charge < -0.3 is 4.90 Å². The van der Waals surface area contributed by atoms with E-state index >= 15 is 0 Å². The Morgan fingerprint density at radius 2 is 1.69 bits per heavy atom. The zero-order valence-corrected chi connectivity index (χ0v) is 16.7. The molecule has 0 saturated heterocycles. The predicted molar refractivity (Wildman–Crippen MR) is 105 cm³/mol. The zero-order valence-electron chi connectivity index (χ0n) is 15.9. The van der Waals surface area contributed by atoms with Crippen LogP contribution in [0.3, 0.4) is 0 Å². The van der Waals surface area contributed by atoms with Crippen LogP contribution in [0.15, 0.2) is 30.3 Å². The third-order valence-electron chi connectivity index (χ3n) is 4.58. The Bertz CT molecular complexity index is 1040. The SMILES string of the molecule is CCN(CC)CCN(C(=O)c1ccc(F)c(F)c1)c1nc2c(F)cc(F)cc2s1. The van der Waals surface area contributed by atoms with E-state index < -0.39 is 29.2 Å². The Kier molecular flexibility index (Phi) is 6.49. The van der Waals surface area contributed by atoms with Crippen LogP contribution < -0.4 is 4.90 Å². The molecule has 29 heavy (non-hydrogen) atoms. The highest BCUT2D eigenvalue weighted by atomic mass is 32.1. The Morgan fingerprint density at radius 1 is 0.966 bits per heavy atom. The van der Waals surface area contributed by atoms with Gasteiger partial charge in [-0.3, -0.25) is 9.69 Å². The van der Waals surface area contributed by atoms with Gasteiger partial charge in [-0.05, 0) is 37.4 Å². The number of nitrogens with zero attached hydrogens (tertiary/aromatic N) is 3. The van der Waals surface area contributed by atoms with Gasteiger partial charge in [0.15, 0.2) is 22.6 Å². The molecule has 0 N–H and O–H groups in total. The summed E-state index contributed by atoms with van der Waals surface area (Å²) >= 11 is 0.959. The fourth-order valence-corrected chi connectivity index (χ4v) is 3.94. The minimum Gasteiger partial charge on any atom is -0.302 e. The number of carbonyl (C=O) groups is 1. The lowest BCUT2D eigenvalue weighted by Crippen LogP contribution is -2.39. The van der Waals surface area contributed by atoms with Gasteiger partial charge in [-0.1, -0.05) is 25.2 Å². The molecule has 0 atom stereocenters. The standard InChI is InChI=1S/C20H19F4N3OS/c1-3-26(4-2)7-8-27(19(28)12-5-6-14(22)15(23)9-12)20-25-18-16(24)10-13(21)11-17(18)29-20/h5-6,9-11H,3-4,7-8H2,1-2H3. The van der Waals surface area contributed by atoms with Gasteiger partial charge >= 0.3 is 0 Å². The highest BCUT2D eigenvalue weighted by Crippen LogP contribution is 2.32. The Morgan fingerprint density at radius 3 is 2.34 bits per heavy atom. The van der Waals surface area contributed by atoms with Crippen molar-refractivity contribution in [2.24, 2.45) is 0 Å². The molecule has 3 aromatic rings. The second-order valence-electron chi connectivity index (χ2n) is 6.34. The number of carbonyl (C=O) groups excluding carboxylic acids is 1. The number of aromatic nitrogens is 1. The van der Waals surface area contributed by atoms with Crippen molar-refractivity contribution in [2.45, 2.75) is 13.8 Å². The number of hydrogen-bond donors (Lipinski definition) is 0. The molecule has 0 aliphatic heterocycles. The molecule has 1 heterocycles. The molecule has 0 spiro atoms. The molecule has 0 aliphatic carbocycles. The predicted octanol–water partition coefficient (Wildman–Crippen LogP) is 4.84. The highest BCUT2D eigenvalue weighted by Gasteiger charge is 2.24. The molecule has 0 aliphatic rings. The average molecular weight is 425 g/mol. The van der Waals surface area contributed by atoms with E-state index in [1.807, 2.05) is 13.8 Å². The van der Waals surface area contributed by atoms with Crippen LogP contribution in [0.25, 0.3) is 10.2 Å². The molecule has 0 radical (unpaired) electrons. The number of benzene rings is 2. The number of likely N-dealkylation sites (N-methyl/N-ethyl adjacent to an activating group) is 1. The maximum absolute atomic E-state index is 14.1. The number of thiazole rings is 1. The van der Waals surface area contributed by atoms with Gasteiger partial charge in [0, 0.05) is 24.7 Å². The third-order valence-corrected chi connectivity index (χ3v) is 5.60. The smallest absolute Gasteiger partial charge is 0.260 e. The summed E-state index contributed by atoms with van der Waals surface area (Å²) < 4.78 is 54.8. The molecule has 1 amide bonds. The Balaban J connectivity index is 2.01. The van der Waals surface area contributed by atoms with Gasteiger partial charge in [0.05, 0.1) is 4.70 Å². The zero-order chi connectivity index (χ0) is 21.1. The molecule has 9 heteroatoms. The highest BCUT2D eigenvalue weighted by molar-refractivity contribution is 7.22. The van der Waals surface area contributed by atoms with E-state index in [4.69, 9.17) is 0 Å². The summed E-state index contributed by atoms with van der Waals surface area (Å²) in [6.07, 6.45) is 0. The van der Waals surface area contributed by atoms with Crippen LogP contribution >= 0.6 is 11.3 Å². The third kappa shape index (κ3) is 4.56. The number of halogens is 4. The first-order valence-corrected chi connectivity index (χ1v) is 9.90. The van der Waals surface area contributed by atoms with Crippen molar-refractivity contribution in [2.75, 3.05) is 31.1 Å². The Hall–Kier alpha value is -2.52. The molecular weight excluding hydrogens is 406 g/mol. The fraction of sp³-hybridized carbons (Fsp3) is 0.300. The van der Waals surface area contributed by atoms with Crippen LogP contribution in [0.5, 0.6) is 0 Å². The summed E-state index contributed by atoms with van der Waals surface area (Å²) in [4.78, 5) is 20.6. The molecule has 1 aromatic heterocycles. The average Bonchev–Trinajstić information content (AvgIpc) is 3.11. The van der Waals surface area contributed by atoms with Crippen LogP contribution in [0, 0.1) is 23.3 Å².